The second-order valence-electron chi connectivity index (χ2n) is 5.95. The zero-order valence-corrected chi connectivity index (χ0v) is 12.0. The van der Waals surface area contributed by atoms with Crippen molar-refractivity contribution in [2.45, 2.75) is 38.0 Å². The van der Waals surface area contributed by atoms with E-state index in [0.717, 1.165) is 37.4 Å². The molecule has 0 spiro atoms. The van der Waals surface area contributed by atoms with Gasteiger partial charge in [0, 0.05) is 26.0 Å². The van der Waals surface area contributed by atoms with E-state index in [1.165, 1.54) is 0 Å². The highest BCUT2D eigenvalue weighted by Crippen LogP contribution is 2.40. The Hall–Kier alpha value is -1.69. The third kappa shape index (κ3) is 2.14. The second-order valence-corrected chi connectivity index (χ2v) is 5.95. The van der Waals surface area contributed by atoms with E-state index >= 15 is 0 Å². The summed E-state index contributed by atoms with van der Waals surface area (Å²) >= 11 is 0. The van der Waals surface area contributed by atoms with Crippen LogP contribution in [0, 0.1) is 5.92 Å². The van der Waals surface area contributed by atoms with E-state index in [1.807, 2.05) is 17.8 Å². The highest BCUT2D eigenvalue weighted by Gasteiger charge is 2.39. The summed E-state index contributed by atoms with van der Waals surface area (Å²) in [6.45, 7) is 2.84. The molecular formula is C14H21N5O. The molecule has 0 amide bonds. The summed E-state index contributed by atoms with van der Waals surface area (Å²) in [5, 5.41) is 4.08. The molecule has 2 heterocycles. The van der Waals surface area contributed by atoms with E-state index in [9.17, 15) is 0 Å². The van der Waals surface area contributed by atoms with Crippen molar-refractivity contribution in [2.75, 3.05) is 6.54 Å². The van der Waals surface area contributed by atoms with Crippen molar-refractivity contribution in [1.29, 1.82) is 0 Å². The first-order valence-corrected chi connectivity index (χ1v) is 7.16. The molecule has 0 unspecified atom stereocenters. The Morgan fingerprint density at radius 3 is 2.80 bits per heavy atom. The van der Waals surface area contributed by atoms with Crippen LogP contribution in [0.2, 0.25) is 0 Å². The number of hydrogen-bond donors (Lipinski definition) is 1. The van der Waals surface area contributed by atoms with Crippen LogP contribution in [0.1, 0.15) is 38.5 Å². The van der Waals surface area contributed by atoms with Gasteiger partial charge in [0.2, 0.25) is 11.7 Å². The van der Waals surface area contributed by atoms with Gasteiger partial charge in [0.15, 0.2) is 5.82 Å². The number of aromatic nitrogens is 4. The smallest absolute Gasteiger partial charge is 0.238 e. The van der Waals surface area contributed by atoms with Crippen LogP contribution in [0.3, 0.4) is 0 Å². The number of rotatable bonds is 3. The minimum Gasteiger partial charge on any atom is -0.338 e. The van der Waals surface area contributed by atoms with Gasteiger partial charge in [-0.1, -0.05) is 12.1 Å². The number of nitrogens with zero attached hydrogens (tertiary/aromatic N) is 4. The van der Waals surface area contributed by atoms with E-state index in [2.05, 4.69) is 22.0 Å². The molecule has 6 nitrogen and oxygen atoms in total. The normalized spacial score (nSPS) is 26.9. The molecule has 1 fully saturated rings. The van der Waals surface area contributed by atoms with Gasteiger partial charge in [-0.3, -0.25) is 0 Å². The van der Waals surface area contributed by atoms with Crippen molar-refractivity contribution in [1.82, 2.24) is 19.7 Å². The lowest BCUT2D eigenvalue weighted by molar-refractivity contribution is 0.191. The molecule has 6 heteroatoms. The molecule has 3 rings (SSSR count). The van der Waals surface area contributed by atoms with Gasteiger partial charge >= 0.3 is 0 Å². The van der Waals surface area contributed by atoms with Gasteiger partial charge < -0.3 is 14.8 Å². The Balaban J connectivity index is 1.91. The summed E-state index contributed by atoms with van der Waals surface area (Å²) in [6, 6.07) is 0. The summed E-state index contributed by atoms with van der Waals surface area (Å²) < 4.78 is 7.40. The number of aryl methyl sites for hydroxylation is 1. The molecule has 20 heavy (non-hydrogen) atoms. The molecule has 0 bridgehead atoms. The molecule has 0 aliphatic heterocycles. The van der Waals surface area contributed by atoms with E-state index in [1.54, 1.807) is 6.20 Å². The maximum Gasteiger partial charge on any atom is 0.238 e. The van der Waals surface area contributed by atoms with Gasteiger partial charge in [-0.2, -0.15) is 4.98 Å². The lowest BCUT2D eigenvalue weighted by atomic mass is 9.71. The van der Waals surface area contributed by atoms with Crippen molar-refractivity contribution >= 4 is 0 Å². The van der Waals surface area contributed by atoms with Gasteiger partial charge in [-0.05, 0) is 31.6 Å². The van der Waals surface area contributed by atoms with Crippen LogP contribution < -0.4 is 5.73 Å². The van der Waals surface area contributed by atoms with Crippen LogP contribution in [0.4, 0.5) is 0 Å². The molecule has 0 atom stereocenters. The molecule has 1 aliphatic carbocycles. The minimum atomic E-state index is -0.150. The lowest BCUT2D eigenvalue weighted by Gasteiger charge is -2.35. The molecule has 0 aromatic carbocycles. The molecule has 108 valence electrons. The molecule has 2 aromatic heterocycles. The Morgan fingerprint density at radius 2 is 2.20 bits per heavy atom. The zero-order valence-electron chi connectivity index (χ0n) is 12.0. The average molecular weight is 275 g/mol. The fourth-order valence-electron chi connectivity index (χ4n) is 2.93. The van der Waals surface area contributed by atoms with Crippen LogP contribution in [0.25, 0.3) is 11.6 Å². The molecule has 2 N–H and O–H groups in total. The number of hydrogen-bond acceptors (Lipinski definition) is 5. The predicted octanol–water partition coefficient (Wildman–Crippen LogP) is 1.88. The summed E-state index contributed by atoms with van der Waals surface area (Å²) in [5.41, 5.74) is 5.88. The monoisotopic (exact) mass is 275 g/mol. The molecule has 0 radical (unpaired) electrons. The fourth-order valence-corrected chi connectivity index (χ4v) is 2.93. The zero-order chi connectivity index (χ0) is 14.2. The summed E-state index contributed by atoms with van der Waals surface area (Å²) in [5.74, 6) is 2.69. The summed E-state index contributed by atoms with van der Waals surface area (Å²) in [4.78, 5) is 8.82. The minimum absolute atomic E-state index is 0.150. The van der Waals surface area contributed by atoms with Crippen LogP contribution in [0.15, 0.2) is 16.9 Å². The van der Waals surface area contributed by atoms with Crippen molar-refractivity contribution in [3.8, 4) is 11.6 Å². The van der Waals surface area contributed by atoms with Gasteiger partial charge in [-0.25, -0.2) is 4.98 Å². The van der Waals surface area contributed by atoms with Crippen molar-refractivity contribution in [2.24, 2.45) is 18.7 Å². The Bertz CT molecular complexity index is 580. The molecule has 0 saturated heterocycles. The first-order chi connectivity index (χ1) is 9.64. The standard InChI is InChI=1S/C14H21N5O/c1-10-3-5-14(9-15,6-4-10)13-17-11(18-20-13)12-16-7-8-19(12)2/h7-8,10H,3-6,9,15H2,1-2H3. The van der Waals surface area contributed by atoms with Crippen LogP contribution >= 0.6 is 0 Å². The average Bonchev–Trinajstić information content (AvgIpc) is 3.09. The molecule has 1 aliphatic rings. The summed E-state index contributed by atoms with van der Waals surface area (Å²) in [7, 11) is 1.92. The number of nitrogens with two attached hydrogens (primary N) is 1. The van der Waals surface area contributed by atoms with E-state index in [0.29, 0.717) is 18.3 Å². The second kappa shape index (κ2) is 5.01. The Labute approximate surface area is 118 Å². The van der Waals surface area contributed by atoms with E-state index < -0.39 is 0 Å². The van der Waals surface area contributed by atoms with Crippen LogP contribution in [-0.2, 0) is 12.5 Å². The van der Waals surface area contributed by atoms with Crippen molar-refractivity contribution in [3.63, 3.8) is 0 Å². The maximum absolute atomic E-state index is 6.02. The van der Waals surface area contributed by atoms with Gasteiger partial charge in [0.25, 0.3) is 0 Å². The maximum atomic E-state index is 6.02. The van der Waals surface area contributed by atoms with Crippen LogP contribution in [0.5, 0.6) is 0 Å². The molecule has 2 aromatic rings. The summed E-state index contributed by atoms with van der Waals surface area (Å²) in [6.07, 6.45) is 7.97. The Kier molecular flexibility index (Phi) is 3.33. The predicted molar refractivity (Wildman–Crippen MR) is 74.9 cm³/mol. The van der Waals surface area contributed by atoms with Crippen molar-refractivity contribution < 1.29 is 4.52 Å². The van der Waals surface area contributed by atoms with Crippen LogP contribution in [-0.4, -0.2) is 26.2 Å². The first-order valence-electron chi connectivity index (χ1n) is 7.16. The van der Waals surface area contributed by atoms with Gasteiger partial charge in [0.05, 0.1) is 5.41 Å². The highest BCUT2D eigenvalue weighted by molar-refractivity contribution is 5.42. The van der Waals surface area contributed by atoms with Gasteiger partial charge in [0.1, 0.15) is 0 Å². The third-order valence-electron chi connectivity index (χ3n) is 4.52. The van der Waals surface area contributed by atoms with E-state index in [-0.39, 0.29) is 5.41 Å². The largest absolute Gasteiger partial charge is 0.338 e. The van der Waals surface area contributed by atoms with E-state index in [4.69, 9.17) is 10.3 Å². The number of imidazole rings is 1. The fraction of sp³-hybridized carbons (Fsp3) is 0.643. The van der Waals surface area contributed by atoms with Gasteiger partial charge in [-0.15, -0.1) is 0 Å². The lowest BCUT2D eigenvalue weighted by Crippen LogP contribution is -2.39. The molecular weight excluding hydrogens is 254 g/mol. The highest BCUT2D eigenvalue weighted by atomic mass is 16.5. The van der Waals surface area contributed by atoms with Crippen molar-refractivity contribution in [3.05, 3.63) is 18.3 Å². The SMILES string of the molecule is CC1CCC(CN)(c2nc(-c3nccn3C)no2)CC1. The third-order valence-corrected chi connectivity index (χ3v) is 4.52. The Morgan fingerprint density at radius 1 is 1.45 bits per heavy atom. The topological polar surface area (TPSA) is 82.8 Å². The quantitative estimate of drug-likeness (QED) is 0.924. The first kappa shape index (κ1) is 13.3. The molecule has 1 saturated carbocycles.